The van der Waals surface area contributed by atoms with Crippen molar-refractivity contribution in [2.24, 2.45) is 7.05 Å². The van der Waals surface area contributed by atoms with Crippen LogP contribution < -0.4 is 15.8 Å². The first kappa shape index (κ1) is 15.1. The maximum absolute atomic E-state index is 12.1. The Morgan fingerprint density at radius 3 is 2.48 bits per heavy atom. The van der Waals surface area contributed by atoms with E-state index in [-0.39, 0.29) is 11.3 Å². The van der Waals surface area contributed by atoms with Gasteiger partial charge in [0.1, 0.15) is 5.69 Å². The van der Waals surface area contributed by atoms with Crippen molar-refractivity contribution < 1.29 is 4.79 Å². The minimum Gasteiger partial charge on any atom is -0.341 e. The zero-order valence-electron chi connectivity index (χ0n) is 12.9. The molecule has 0 atom stereocenters. The molecule has 1 fully saturated rings. The fraction of sp³-hybridized carbons (Fsp3) is 0.400. The molecule has 3 rings (SSSR count). The summed E-state index contributed by atoms with van der Waals surface area (Å²) in [5, 5.41) is 6.58. The zero-order valence-corrected chi connectivity index (χ0v) is 12.9. The van der Waals surface area contributed by atoms with Gasteiger partial charge in [-0.05, 0) is 25.3 Å². The van der Waals surface area contributed by atoms with Gasteiger partial charge in [0.05, 0.1) is 18.1 Å². The Kier molecular flexibility index (Phi) is 4.31. The molecule has 0 unspecified atom stereocenters. The van der Waals surface area contributed by atoms with Crippen molar-refractivity contribution in [3.63, 3.8) is 0 Å². The number of nitrogens with one attached hydrogen (secondary N) is 1. The van der Waals surface area contributed by atoms with Gasteiger partial charge < -0.3 is 10.2 Å². The van der Waals surface area contributed by atoms with Crippen LogP contribution in [0.3, 0.4) is 0 Å². The summed E-state index contributed by atoms with van der Waals surface area (Å²) in [5.74, 6) is 0.276. The summed E-state index contributed by atoms with van der Waals surface area (Å²) >= 11 is 0. The van der Waals surface area contributed by atoms with Crippen LogP contribution in [0.2, 0.25) is 0 Å². The normalized spacial score (nSPS) is 14.6. The zero-order chi connectivity index (χ0) is 16.2. The molecule has 2 aromatic rings. The minimum atomic E-state index is -0.407. The first-order valence-corrected chi connectivity index (χ1v) is 7.56. The van der Waals surface area contributed by atoms with Gasteiger partial charge in [-0.25, -0.2) is 14.6 Å². The second-order valence-electron chi connectivity index (χ2n) is 5.45. The molecule has 23 heavy (non-hydrogen) atoms. The second-order valence-corrected chi connectivity index (χ2v) is 5.45. The Morgan fingerprint density at radius 1 is 1.13 bits per heavy atom. The van der Waals surface area contributed by atoms with Crippen LogP contribution in [-0.4, -0.2) is 38.7 Å². The highest BCUT2D eigenvalue weighted by Gasteiger charge is 2.14. The number of nitrogens with zero attached hydrogens (tertiary/aromatic N) is 5. The lowest BCUT2D eigenvalue weighted by atomic mass is 10.1. The molecule has 1 aliphatic heterocycles. The lowest BCUT2D eigenvalue weighted by molar-refractivity contribution is 0.102. The van der Waals surface area contributed by atoms with Crippen LogP contribution in [-0.2, 0) is 7.05 Å². The highest BCUT2D eigenvalue weighted by molar-refractivity contribution is 6.02. The predicted octanol–water partition coefficient (Wildman–Crippen LogP) is 0.813. The fourth-order valence-electron chi connectivity index (χ4n) is 2.46. The largest absolute Gasteiger partial charge is 0.341 e. The van der Waals surface area contributed by atoms with Gasteiger partial charge in [-0.2, -0.15) is 5.10 Å². The van der Waals surface area contributed by atoms with Gasteiger partial charge in [-0.15, -0.1) is 0 Å². The average molecular weight is 314 g/mol. The van der Waals surface area contributed by atoms with Crippen molar-refractivity contribution in [3.05, 3.63) is 40.6 Å². The van der Waals surface area contributed by atoms with Crippen LogP contribution in [0, 0.1) is 0 Å². The molecule has 0 saturated carbocycles. The molecule has 0 spiro atoms. The molecule has 0 bridgehead atoms. The second kappa shape index (κ2) is 6.55. The SMILES string of the molecule is Cn1nc(C(=O)Nc2cnc(N3CCCCC3)nc2)ccc1=O. The van der Waals surface area contributed by atoms with E-state index in [4.69, 9.17) is 0 Å². The Labute approximate surface area is 133 Å². The number of aryl methyl sites for hydroxylation is 1. The van der Waals surface area contributed by atoms with Crippen LogP contribution in [0.15, 0.2) is 29.3 Å². The summed E-state index contributed by atoms with van der Waals surface area (Å²) in [4.78, 5) is 34.1. The number of carbonyl (C=O) groups excluding carboxylic acids is 1. The molecule has 1 aliphatic rings. The van der Waals surface area contributed by atoms with Crippen molar-refractivity contribution in [2.75, 3.05) is 23.3 Å². The quantitative estimate of drug-likeness (QED) is 0.901. The number of hydrogen-bond acceptors (Lipinski definition) is 6. The topological polar surface area (TPSA) is 93.0 Å². The van der Waals surface area contributed by atoms with E-state index in [1.165, 1.54) is 25.6 Å². The smallest absolute Gasteiger partial charge is 0.276 e. The third kappa shape index (κ3) is 3.53. The van der Waals surface area contributed by atoms with Gasteiger partial charge in [-0.1, -0.05) is 0 Å². The van der Waals surface area contributed by atoms with E-state index in [1.807, 2.05) is 0 Å². The van der Waals surface area contributed by atoms with E-state index in [0.29, 0.717) is 11.6 Å². The molecule has 1 amide bonds. The lowest BCUT2D eigenvalue weighted by Crippen LogP contribution is -2.31. The molecule has 0 aliphatic carbocycles. The highest BCUT2D eigenvalue weighted by Crippen LogP contribution is 2.16. The Hall–Kier alpha value is -2.77. The first-order valence-electron chi connectivity index (χ1n) is 7.56. The summed E-state index contributed by atoms with van der Waals surface area (Å²) in [6.45, 7) is 1.93. The molecule has 120 valence electrons. The van der Waals surface area contributed by atoms with Crippen molar-refractivity contribution in [2.45, 2.75) is 19.3 Å². The van der Waals surface area contributed by atoms with E-state index in [1.54, 1.807) is 12.4 Å². The van der Waals surface area contributed by atoms with E-state index < -0.39 is 5.91 Å². The highest BCUT2D eigenvalue weighted by atomic mass is 16.2. The van der Waals surface area contributed by atoms with Gasteiger partial charge >= 0.3 is 0 Å². The van der Waals surface area contributed by atoms with E-state index >= 15 is 0 Å². The van der Waals surface area contributed by atoms with Crippen molar-refractivity contribution in [3.8, 4) is 0 Å². The predicted molar refractivity (Wildman–Crippen MR) is 85.5 cm³/mol. The molecular weight excluding hydrogens is 296 g/mol. The summed E-state index contributed by atoms with van der Waals surface area (Å²) in [7, 11) is 1.50. The van der Waals surface area contributed by atoms with Gasteiger partial charge in [0.15, 0.2) is 0 Å². The average Bonchev–Trinajstić information content (AvgIpc) is 2.59. The van der Waals surface area contributed by atoms with Gasteiger partial charge in [-0.3, -0.25) is 9.59 Å². The maximum Gasteiger partial charge on any atom is 0.276 e. The van der Waals surface area contributed by atoms with Crippen molar-refractivity contribution in [1.29, 1.82) is 0 Å². The van der Waals surface area contributed by atoms with Crippen LogP contribution in [0.5, 0.6) is 0 Å². The van der Waals surface area contributed by atoms with Gasteiger partial charge in [0.25, 0.3) is 11.5 Å². The number of anilines is 2. The number of hydrogen-bond donors (Lipinski definition) is 1. The minimum absolute atomic E-state index is 0.159. The van der Waals surface area contributed by atoms with E-state index in [2.05, 4.69) is 25.3 Å². The maximum atomic E-state index is 12.1. The van der Waals surface area contributed by atoms with Crippen LogP contribution in [0.1, 0.15) is 29.8 Å². The van der Waals surface area contributed by atoms with Crippen LogP contribution in [0.25, 0.3) is 0 Å². The summed E-state index contributed by atoms with van der Waals surface area (Å²) in [6, 6.07) is 2.69. The van der Waals surface area contributed by atoms with E-state index in [0.717, 1.165) is 30.6 Å². The summed E-state index contributed by atoms with van der Waals surface area (Å²) < 4.78 is 1.12. The molecular formula is C15H18N6O2. The molecule has 0 aromatic carbocycles. The molecule has 1 N–H and O–H groups in total. The van der Waals surface area contributed by atoms with Gasteiger partial charge in [0, 0.05) is 26.2 Å². The monoisotopic (exact) mass is 314 g/mol. The molecule has 8 nitrogen and oxygen atoms in total. The Balaban J connectivity index is 1.68. The Morgan fingerprint density at radius 2 is 1.83 bits per heavy atom. The van der Waals surface area contributed by atoms with Crippen molar-refractivity contribution >= 4 is 17.5 Å². The number of aromatic nitrogens is 4. The van der Waals surface area contributed by atoms with Gasteiger partial charge in [0.2, 0.25) is 5.95 Å². The molecule has 1 saturated heterocycles. The number of carbonyl (C=O) groups is 1. The molecule has 0 radical (unpaired) electrons. The van der Waals surface area contributed by atoms with Crippen LogP contribution in [0.4, 0.5) is 11.6 Å². The van der Waals surface area contributed by atoms with Crippen molar-refractivity contribution in [1.82, 2.24) is 19.7 Å². The standard InChI is InChI=1S/C15H18N6O2/c1-20-13(22)6-5-12(19-20)14(23)18-11-9-16-15(17-10-11)21-7-3-2-4-8-21/h5-6,9-10H,2-4,7-8H2,1H3,(H,18,23). The number of piperidine rings is 1. The summed E-state index contributed by atoms with van der Waals surface area (Å²) in [5.41, 5.74) is 0.384. The number of amides is 1. The fourth-order valence-corrected chi connectivity index (χ4v) is 2.46. The third-order valence-corrected chi connectivity index (χ3v) is 3.73. The molecule has 8 heteroatoms. The van der Waals surface area contributed by atoms with Crippen LogP contribution >= 0.6 is 0 Å². The lowest BCUT2D eigenvalue weighted by Gasteiger charge is -2.26. The third-order valence-electron chi connectivity index (χ3n) is 3.73. The molecule has 2 aromatic heterocycles. The molecule has 3 heterocycles. The Bertz CT molecular complexity index is 749. The van der Waals surface area contributed by atoms with E-state index in [9.17, 15) is 9.59 Å². The summed E-state index contributed by atoms with van der Waals surface area (Å²) in [6.07, 6.45) is 6.71. The first-order chi connectivity index (χ1) is 11.1. The number of rotatable bonds is 3.